The van der Waals surface area contributed by atoms with Gasteiger partial charge in [-0.1, -0.05) is 18.2 Å². The molecule has 0 radical (unpaired) electrons. The molecule has 0 spiro atoms. The van der Waals surface area contributed by atoms with E-state index >= 15 is 0 Å². The molecule has 1 fully saturated rings. The fraction of sp³-hybridized carbons (Fsp3) is 0.360. The Bertz CT molecular complexity index is 1350. The van der Waals surface area contributed by atoms with E-state index in [1.54, 1.807) is 4.90 Å². The Morgan fingerprint density at radius 1 is 1.25 bits per heavy atom. The van der Waals surface area contributed by atoms with Crippen molar-refractivity contribution in [1.82, 2.24) is 19.4 Å². The van der Waals surface area contributed by atoms with Crippen LogP contribution in [0, 0.1) is 18.7 Å². The van der Waals surface area contributed by atoms with Gasteiger partial charge in [-0.2, -0.15) is 0 Å². The molecule has 1 aliphatic heterocycles. The lowest BCUT2D eigenvalue weighted by atomic mass is 9.84. The number of aliphatic hydroxyl groups is 1. The number of carbonyl (C=O) groups is 1. The fourth-order valence-electron chi connectivity index (χ4n) is 4.29. The molecule has 190 valence electrons. The third-order valence-corrected chi connectivity index (χ3v) is 6.33. The molecule has 2 N–H and O–H groups in total. The van der Waals surface area contributed by atoms with Crippen molar-refractivity contribution in [3.8, 4) is 12.8 Å². The first-order valence-corrected chi connectivity index (χ1v) is 11.1. The van der Waals surface area contributed by atoms with E-state index in [0.29, 0.717) is 18.5 Å². The van der Waals surface area contributed by atoms with Crippen molar-refractivity contribution in [2.24, 2.45) is 7.05 Å². The molecule has 2 aromatic heterocycles. The molecule has 3 aromatic rings. The van der Waals surface area contributed by atoms with Gasteiger partial charge in [0.25, 0.3) is 12.0 Å². The molecular formula is C25H26F3N5O3. The highest BCUT2D eigenvalue weighted by atomic mass is 19.3. The van der Waals surface area contributed by atoms with Crippen LogP contribution in [0.4, 0.5) is 19.0 Å². The fourth-order valence-corrected chi connectivity index (χ4v) is 4.29. The third-order valence-electron chi connectivity index (χ3n) is 6.33. The molecule has 0 atom stereocenters. The number of alkyl halides is 2. The van der Waals surface area contributed by atoms with Crippen molar-refractivity contribution in [3.63, 3.8) is 0 Å². The number of likely N-dealkylation sites (tertiary alicyclic amines) is 1. The van der Waals surface area contributed by atoms with Crippen LogP contribution in [0.2, 0.25) is 0 Å². The molecule has 1 saturated heterocycles. The zero-order chi connectivity index (χ0) is 26.6. The standard InChI is InChI=1S/C23H24F3N5O3.C2H2/c1-13(32)31-8-6-23(34,7-9-31)17-10-16-20(28-12-29-21(16)30(2)22(17)33)27-11-14-4-3-5-15(18(14)24)19(25)26;1-2/h3-5,10,12,19,34H,6-9,11H2,1-2H3,(H,27,28,29);1-2H. The van der Waals surface area contributed by atoms with Gasteiger partial charge < -0.3 is 15.3 Å². The van der Waals surface area contributed by atoms with Gasteiger partial charge in [0.05, 0.1) is 16.6 Å². The number of anilines is 1. The summed E-state index contributed by atoms with van der Waals surface area (Å²) in [7, 11) is 1.52. The molecule has 11 heteroatoms. The number of benzene rings is 1. The quantitative estimate of drug-likeness (QED) is 0.522. The highest BCUT2D eigenvalue weighted by Crippen LogP contribution is 2.33. The maximum atomic E-state index is 14.4. The number of amides is 1. The largest absolute Gasteiger partial charge is 0.385 e. The summed E-state index contributed by atoms with van der Waals surface area (Å²) in [5, 5.41) is 14.6. The normalized spacial score (nSPS) is 14.9. The van der Waals surface area contributed by atoms with Crippen molar-refractivity contribution in [2.45, 2.75) is 38.3 Å². The summed E-state index contributed by atoms with van der Waals surface area (Å²) in [4.78, 5) is 34.7. The monoisotopic (exact) mass is 501 g/mol. The van der Waals surface area contributed by atoms with E-state index in [0.717, 1.165) is 6.07 Å². The number of nitrogens with one attached hydrogen (secondary N) is 1. The summed E-state index contributed by atoms with van der Waals surface area (Å²) in [6.45, 7) is 1.94. The smallest absolute Gasteiger partial charge is 0.266 e. The van der Waals surface area contributed by atoms with Gasteiger partial charge in [0, 0.05) is 44.7 Å². The minimum atomic E-state index is -2.94. The molecule has 36 heavy (non-hydrogen) atoms. The van der Waals surface area contributed by atoms with Crippen LogP contribution in [0.25, 0.3) is 11.0 Å². The molecule has 0 unspecified atom stereocenters. The third kappa shape index (κ3) is 5.04. The van der Waals surface area contributed by atoms with E-state index in [1.165, 1.54) is 43.1 Å². The maximum Gasteiger partial charge on any atom is 0.266 e. The average molecular weight is 502 g/mol. The van der Waals surface area contributed by atoms with E-state index in [2.05, 4.69) is 28.1 Å². The lowest BCUT2D eigenvalue weighted by Crippen LogP contribution is -2.47. The number of nitrogens with zero attached hydrogens (tertiary/aromatic N) is 4. The van der Waals surface area contributed by atoms with Crippen LogP contribution in [-0.4, -0.2) is 43.5 Å². The highest BCUT2D eigenvalue weighted by molar-refractivity contribution is 5.87. The van der Waals surface area contributed by atoms with Gasteiger partial charge in [0.1, 0.15) is 23.6 Å². The predicted molar refractivity (Wildman–Crippen MR) is 129 cm³/mol. The molecule has 1 aromatic carbocycles. The highest BCUT2D eigenvalue weighted by Gasteiger charge is 2.37. The van der Waals surface area contributed by atoms with E-state index in [1.807, 2.05) is 0 Å². The molecular weight excluding hydrogens is 475 g/mol. The number of carbonyl (C=O) groups excluding carboxylic acids is 1. The summed E-state index contributed by atoms with van der Waals surface area (Å²) >= 11 is 0. The topological polar surface area (TPSA) is 100 Å². The number of terminal acetylenes is 1. The second kappa shape index (κ2) is 10.8. The Morgan fingerprint density at radius 3 is 2.53 bits per heavy atom. The van der Waals surface area contributed by atoms with Crippen molar-refractivity contribution < 1.29 is 23.1 Å². The van der Waals surface area contributed by atoms with Gasteiger partial charge in [-0.25, -0.2) is 23.1 Å². The van der Waals surface area contributed by atoms with Gasteiger partial charge in [-0.15, -0.1) is 12.8 Å². The second-order valence-electron chi connectivity index (χ2n) is 8.39. The lowest BCUT2D eigenvalue weighted by molar-refractivity contribution is -0.133. The molecule has 0 aliphatic carbocycles. The molecule has 1 aliphatic rings. The number of fused-ring (bicyclic) bond motifs is 1. The summed E-state index contributed by atoms with van der Waals surface area (Å²) < 4.78 is 41.8. The number of piperidine rings is 1. The van der Waals surface area contributed by atoms with Crippen molar-refractivity contribution in [2.75, 3.05) is 18.4 Å². The van der Waals surface area contributed by atoms with Crippen LogP contribution >= 0.6 is 0 Å². The zero-order valence-corrected chi connectivity index (χ0v) is 19.8. The van der Waals surface area contributed by atoms with Gasteiger partial charge in [-0.3, -0.25) is 14.2 Å². The average Bonchev–Trinajstić information content (AvgIpc) is 2.86. The number of aryl methyl sites for hydroxylation is 1. The number of rotatable bonds is 5. The van der Waals surface area contributed by atoms with Gasteiger partial charge in [0.2, 0.25) is 5.91 Å². The number of hydrogen-bond donors (Lipinski definition) is 2. The molecule has 0 bridgehead atoms. The molecule has 0 saturated carbocycles. The van der Waals surface area contributed by atoms with Gasteiger partial charge >= 0.3 is 0 Å². The number of aromatic nitrogens is 3. The van der Waals surface area contributed by atoms with Crippen LogP contribution in [-0.2, 0) is 24.0 Å². The Labute approximate surface area is 205 Å². The Kier molecular flexibility index (Phi) is 8.00. The predicted octanol–water partition coefficient (Wildman–Crippen LogP) is 3.10. The summed E-state index contributed by atoms with van der Waals surface area (Å²) in [6, 6.07) is 5.29. The van der Waals surface area contributed by atoms with E-state index in [4.69, 9.17) is 0 Å². The first-order chi connectivity index (χ1) is 17.1. The Hall–Kier alpha value is -3.91. The minimum absolute atomic E-state index is 0.0323. The van der Waals surface area contributed by atoms with Crippen LogP contribution in [0.5, 0.6) is 0 Å². The number of pyridine rings is 1. The minimum Gasteiger partial charge on any atom is -0.385 e. The van der Waals surface area contributed by atoms with E-state index in [-0.39, 0.29) is 47.9 Å². The van der Waals surface area contributed by atoms with Crippen molar-refractivity contribution in [3.05, 3.63) is 63.5 Å². The molecule has 3 heterocycles. The van der Waals surface area contributed by atoms with E-state index < -0.39 is 29.0 Å². The van der Waals surface area contributed by atoms with Gasteiger partial charge in [0.15, 0.2) is 0 Å². The SMILES string of the molecule is C#C.CC(=O)N1CCC(O)(c2cc3c(NCc4cccc(C(F)F)c4F)ncnc3n(C)c2=O)CC1. The second-order valence-corrected chi connectivity index (χ2v) is 8.39. The van der Waals surface area contributed by atoms with Crippen LogP contribution in [0.3, 0.4) is 0 Å². The summed E-state index contributed by atoms with van der Waals surface area (Å²) in [5.74, 6) is -0.840. The maximum absolute atomic E-state index is 14.4. The summed E-state index contributed by atoms with van der Waals surface area (Å²) in [5.41, 5.74) is -2.08. The molecule has 8 nitrogen and oxygen atoms in total. The van der Waals surface area contributed by atoms with Crippen LogP contribution in [0.1, 0.15) is 42.9 Å². The first kappa shape index (κ1) is 26.7. The molecule has 1 amide bonds. The molecule has 4 rings (SSSR count). The summed E-state index contributed by atoms with van der Waals surface area (Å²) in [6.07, 6.45) is 6.67. The zero-order valence-electron chi connectivity index (χ0n) is 19.8. The van der Waals surface area contributed by atoms with Crippen molar-refractivity contribution >= 4 is 22.8 Å². The van der Waals surface area contributed by atoms with E-state index in [9.17, 15) is 27.9 Å². The number of hydrogen-bond acceptors (Lipinski definition) is 6. The Morgan fingerprint density at radius 2 is 1.92 bits per heavy atom. The number of halogens is 3. The Balaban J connectivity index is 0.00000176. The van der Waals surface area contributed by atoms with Gasteiger partial charge in [-0.05, 0) is 18.9 Å². The van der Waals surface area contributed by atoms with Crippen molar-refractivity contribution in [1.29, 1.82) is 0 Å². The lowest BCUT2D eigenvalue weighted by Gasteiger charge is -2.37. The van der Waals surface area contributed by atoms with Crippen LogP contribution < -0.4 is 10.9 Å². The first-order valence-electron chi connectivity index (χ1n) is 11.1. The van der Waals surface area contributed by atoms with Crippen LogP contribution in [0.15, 0.2) is 35.4 Å².